The Balaban J connectivity index is 0.00000289. The van der Waals surface area contributed by atoms with Crippen molar-refractivity contribution in [2.75, 3.05) is 25.1 Å². The summed E-state index contributed by atoms with van der Waals surface area (Å²) in [7, 11) is 0. The van der Waals surface area contributed by atoms with Crippen molar-refractivity contribution >= 4 is 24.0 Å². The van der Waals surface area contributed by atoms with Gasteiger partial charge in [-0.3, -0.25) is 9.78 Å². The van der Waals surface area contributed by atoms with Crippen LogP contribution in [0.25, 0.3) is 11.1 Å². The molecule has 7 nitrogen and oxygen atoms in total. The normalized spacial score (nSPS) is 15.8. The van der Waals surface area contributed by atoms with E-state index in [2.05, 4.69) is 25.6 Å². The maximum absolute atomic E-state index is 14.6. The standard InChI is InChI=1S/C23H24FN5O2.ClH/c1-14(2)22-27-11-15(12-28-22)23(30)29-20-17(16-5-3-4-6-18(16)24)7-8-26-21(20)19-13-31-10-9-25-19;/h3-8,11-12,14,19,25H,9-10,13H2,1-2H3,(H,29,30);1H. The van der Waals surface area contributed by atoms with E-state index in [1.54, 1.807) is 30.5 Å². The van der Waals surface area contributed by atoms with E-state index in [0.717, 1.165) is 0 Å². The molecule has 1 saturated heterocycles. The molecule has 3 heterocycles. The van der Waals surface area contributed by atoms with Crippen LogP contribution in [0, 0.1) is 5.82 Å². The molecule has 0 radical (unpaired) electrons. The number of ether oxygens (including phenoxy) is 1. The molecule has 1 fully saturated rings. The fraction of sp³-hybridized carbons (Fsp3) is 0.304. The monoisotopic (exact) mass is 457 g/mol. The van der Waals surface area contributed by atoms with Crippen LogP contribution in [0.3, 0.4) is 0 Å². The number of rotatable bonds is 5. The summed E-state index contributed by atoms with van der Waals surface area (Å²) in [6.07, 6.45) is 4.61. The van der Waals surface area contributed by atoms with Crippen LogP contribution in [0.4, 0.5) is 10.1 Å². The van der Waals surface area contributed by atoms with Gasteiger partial charge in [-0.1, -0.05) is 32.0 Å². The van der Waals surface area contributed by atoms with Crippen molar-refractivity contribution < 1.29 is 13.9 Å². The van der Waals surface area contributed by atoms with E-state index in [4.69, 9.17) is 4.74 Å². The molecule has 2 N–H and O–H groups in total. The molecule has 3 aromatic rings. The highest BCUT2D eigenvalue weighted by Gasteiger charge is 2.25. The second-order valence-electron chi connectivity index (χ2n) is 7.62. The highest BCUT2D eigenvalue weighted by Crippen LogP contribution is 2.35. The summed E-state index contributed by atoms with van der Waals surface area (Å²) in [6, 6.07) is 7.92. The number of carbonyl (C=O) groups excluding carboxylic acids is 1. The largest absolute Gasteiger partial charge is 0.378 e. The Bertz CT molecular complexity index is 1070. The third-order valence-corrected chi connectivity index (χ3v) is 5.08. The Morgan fingerprint density at radius 1 is 1.16 bits per heavy atom. The SMILES string of the molecule is CC(C)c1ncc(C(=O)Nc2c(-c3ccccc3F)ccnc2C2COCCN2)cn1.Cl. The number of carbonyl (C=O) groups is 1. The second-order valence-corrected chi connectivity index (χ2v) is 7.62. The molecule has 0 aliphatic carbocycles. The number of hydrogen-bond donors (Lipinski definition) is 2. The quantitative estimate of drug-likeness (QED) is 0.598. The van der Waals surface area contributed by atoms with E-state index >= 15 is 0 Å². The highest BCUT2D eigenvalue weighted by atomic mass is 35.5. The first-order valence-electron chi connectivity index (χ1n) is 10.2. The van der Waals surface area contributed by atoms with E-state index < -0.39 is 0 Å². The lowest BCUT2D eigenvalue weighted by atomic mass is 10.00. The Morgan fingerprint density at radius 2 is 1.91 bits per heavy atom. The summed E-state index contributed by atoms with van der Waals surface area (Å²) in [5.41, 5.74) is 2.27. The predicted octanol–water partition coefficient (Wildman–Crippen LogP) is 4.14. The van der Waals surface area contributed by atoms with Crippen LogP contribution >= 0.6 is 12.4 Å². The Morgan fingerprint density at radius 3 is 2.56 bits per heavy atom. The van der Waals surface area contributed by atoms with Gasteiger partial charge >= 0.3 is 0 Å². The molecule has 0 spiro atoms. The van der Waals surface area contributed by atoms with Gasteiger partial charge in [0.2, 0.25) is 0 Å². The van der Waals surface area contributed by atoms with Crippen LogP contribution in [0.15, 0.2) is 48.9 Å². The molecule has 168 valence electrons. The second kappa shape index (κ2) is 10.6. The molecule has 32 heavy (non-hydrogen) atoms. The van der Waals surface area contributed by atoms with Crippen molar-refractivity contribution in [2.24, 2.45) is 0 Å². The number of benzene rings is 1. The molecular weight excluding hydrogens is 433 g/mol. The first-order chi connectivity index (χ1) is 15.0. The molecule has 1 aliphatic rings. The van der Waals surface area contributed by atoms with Gasteiger partial charge in [0, 0.05) is 42.2 Å². The van der Waals surface area contributed by atoms with Crippen molar-refractivity contribution in [3.63, 3.8) is 0 Å². The van der Waals surface area contributed by atoms with Crippen LogP contribution in [0.2, 0.25) is 0 Å². The Kier molecular flexibility index (Phi) is 7.84. The summed E-state index contributed by atoms with van der Waals surface area (Å²) in [5.74, 6) is 0.0489. The zero-order valence-electron chi connectivity index (χ0n) is 17.8. The summed E-state index contributed by atoms with van der Waals surface area (Å²) in [5, 5.41) is 6.27. The smallest absolute Gasteiger partial charge is 0.258 e. The van der Waals surface area contributed by atoms with E-state index in [-0.39, 0.29) is 36.1 Å². The van der Waals surface area contributed by atoms with Gasteiger partial charge < -0.3 is 15.4 Å². The number of anilines is 1. The number of halogens is 2. The average molecular weight is 458 g/mol. The highest BCUT2D eigenvalue weighted by molar-refractivity contribution is 6.06. The number of amides is 1. The molecule has 1 aromatic carbocycles. The zero-order chi connectivity index (χ0) is 21.8. The molecule has 9 heteroatoms. The van der Waals surface area contributed by atoms with Gasteiger partial charge in [0.05, 0.1) is 36.2 Å². The molecule has 2 aromatic heterocycles. The van der Waals surface area contributed by atoms with E-state index in [1.807, 2.05) is 13.8 Å². The lowest BCUT2D eigenvalue weighted by molar-refractivity contribution is 0.0757. The van der Waals surface area contributed by atoms with Gasteiger partial charge in [0.25, 0.3) is 5.91 Å². The molecule has 0 saturated carbocycles. The molecular formula is C23H25ClFN5O2. The van der Waals surface area contributed by atoms with Gasteiger partial charge in [-0.25, -0.2) is 14.4 Å². The molecule has 1 atom stereocenters. The van der Waals surface area contributed by atoms with Crippen molar-refractivity contribution in [2.45, 2.75) is 25.8 Å². The minimum absolute atomic E-state index is 0. The van der Waals surface area contributed by atoms with Gasteiger partial charge in [0.1, 0.15) is 11.6 Å². The number of nitrogens with one attached hydrogen (secondary N) is 2. The summed E-state index contributed by atoms with van der Waals surface area (Å²) in [6.45, 7) is 5.63. The maximum atomic E-state index is 14.6. The van der Waals surface area contributed by atoms with E-state index in [9.17, 15) is 9.18 Å². The maximum Gasteiger partial charge on any atom is 0.258 e. The number of pyridine rings is 1. The zero-order valence-corrected chi connectivity index (χ0v) is 18.7. The number of hydrogen-bond acceptors (Lipinski definition) is 6. The van der Waals surface area contributed by atoms with Crippen LogP contribution in [-0.4, -0.2) is 40.6 Å². The van der Waals surface area contributed by atoms with E-state index in [0.29, 0.717) is 53.7 Å². The minimum Gasteiger partial charge on any atom is -0.378 e. The molecule has 1 unspecified atom stereocenters. The summed E-state index contributed by atoms with van der Waals surface area (Å²) >= 11 is 0. The number of aromatic nitrogens is 3. The number of nitrogens with zero attached hydrogens (tertiary/aromatic N) is 3. The Hall–Kier alpha value is -2.94. The van der Waals surface area contributed by atoms with Crippen LogP contribution < -0.4 is 10.6 Å². The first kappa shape index (κ1) is 23.7. The molecule has 0 bridgehead atoms. The molecule has 4 rings (SSSR count). The van der Waals surface area contributed by atoms with Crippen LogP contribution in [0.1, 0.15) is 47.7 Å². The first-order valence-corrected chi connectivity index (χ1v) is 10.2. The number of morpholine rings is 1. The summed E-state index contributed by atoms with van der Waals surface area (Å²) in [4.78, 5) is 26.1. The van der Waals surface area contributed by atoms with Crippen LogP contribution in [0.5, 0.6) is 0 Å². The van der Waals surface area contributed by atoms with E-state index in [1.165, 1.54) is 18.5 Å². The van der Waals surface area contributed by atoms with Crippen molar-refractivity contribution in [1.82, 2.24) is 20.3 Å². The van der Waals surface area contributed by atoms with Crippen molar-refractivity contribution in [3.05, 3.63) is 71.8 Å². The van der Waals surface area contributed by atoms with Crippen LogP contribution in [-0.2, 0) is 4.74 Å². The van der Waals surface area contributed by atoms with Crippen molar-refractivity contribution in [1.29, 1.82) is 0 Å². The van der Waals surface area contributed by atoms with Gasteiger partial charge in [0.15, 0.2) is 0 Å². The topological polar surface area (TPSA) is 89.0 Å². The lowest BCUT2D eigenvalue weighted by Crippen LogP contribution is -2.35. The van der Waals surface area contributed by atoms with Gasteiger partial charge in [-0.2, -0.15) is 0 Å². The third-order valence-electron chi connectivity index (χ3n) is 5.08. The predicted molar refractivity (Wildman–Crippen MR) is 123 cm³/mol. The van der Waals surface area contributed by atoms with Crippen molar-refractivity contribution in [3.8, 4) is 11.1 Å². The third kappa shape index (κ3) is 5.09. The minimum atomic E-state index is -0.390. The van der Waals surface area contributed by atoms with Gasteiger partial charge in [-0.05, 0) is 12.1 Å². The lowest BCUT2D eigenvalue weighted by Gasteiger charge is -2.26. The molecule has 1 amide bonds. The summed E-state index contributed by atoms with van der Waals surface area (Å²) < 4.78 is 20.2. The fourth-order valence-electron chi connectivity index (χ4n) is 3.46. The Labute approximate surface area is 192 Å². The fourth-order valence-corrected chi connectivity index (χ4v) is 3.46. The molecule has 1 aliphatic heterocycles. The average Bonchev–Trinajstić information content (AvgIpc) is 2.80. The van der Waals surface area contributed by atoms with Gasteiger partial charge in [-0.15, -0.1) is 12.4 Å².